The number of nitrogens with zero attached hydrogens (tertiary/aromatic N) is 1. The Kier molecular flexibility index (Phi) is 3.41. The third-order valence-corrected chi connectivity index (χ3v) is 4.27. The molecular formula is C12H17N3O2S. The van der Waals surface area contributed by atoms with E-state index in [1.807, 2.05) is 25.1 Å². The van der Waals surface area contributed by atoms with Crippen molar-refractivity contribution in [2.45, 2.75) is 26.8 Å². The van der Waals surface area contributed by atoms with Crippen LogP contribution in [-0.4, -0.2) is 24.1 Å². The second-order valence-corrected chi connectivity index (χ2v) is 6.43. The van der Waals surface area contributed by atoms with Gasteiger partial charge in [-0.05, 0) is 38.5 Å². The van der Waals surface area contributed by atoms with Gasteiger partial charge < -0.3 is 4.98 Å². The van der Waals surface area contributed by atoms with E-state index < -0.39 is 10.0 Å². The van der Waals surface area contributed by atoms with Crippen molar-refractivity contribution in [1.29, 1.82) is 0 Å². The molecule has 0 saturated heterocycles. The van der Waals surface area contributed by atoms with E-state index in [1.54, 1.807) is 13.8 Å². The van der Waals surface area contributed by atoms with Gasteiger partial charge in [0, 0.05) is 0 Å². The highest BCUT2D eigenvalue weighted by atomic mass is 32.2. The summed E-state index contributed by atoms with van der Waals surface area (Å²) >= 11 is 0. The van der Waals surface area contributed by atoms with Crippen molar-refractivity contribution in [3.63, 3.8) is 0 Å². The van der Waals surface area contributed by atoms with Gasteiger partial charge in [-0.25, -0.2) is 18.1 Å². The van der Waals surface area contributed by atoms with Gasteiger partial charge in [0.15, 0.2) is 0 Å². The predicted octanol–water partition coefficient (Wildman–Crippen LogP) is 1.87. The van der Waals surface area contributed by atoms with E-state index in [1.165, 1.54) is 0 Å². The normalized spacial score (nSPS) is 13.9. The van der Waals surface area contributed by atoms with Crippen LogP contribution >= 0.6 is 0 Å². The van der Waals surface area contributed by atoms with Gasteiger partial charge in [0.2, 0.25) is 10.0 Å². The number of H-pyrrole nitrogens is 1. The summed E-state index contributed by atoms with van der Waals surface area (Å²) in [5.74, 6) is 0.698. The van der Waals surface area contributed by atoms with Crippen LogP contribution in [0.3, 0.4) is 0 Å². The summed E-state index contributed by atoms with van der Waals surface area (Å²) in [6.07, 6.45) is 0. The molecule has 0 aliphatic heterocycles. The first-order valence-electron chi connectivity index (χ1n) is 5.87. The average Bonchev–Trinajstić information content (AvgIpc) is 2.71. The molecule has 0 saturated carbocycles. The molecule has 2 aromatic rings. The molecule has 0 aliphatic carbocycles. The van der Waals surface area contributed by atoms with Crippen molar-refractivity contribution in [1.82, 2.24) is 14.7 Å². The second kappa shape index (κ2) is 4.70. The lowest BCUT2D eigenvalue weighted by molar-refractivity contribution is 0.563. The van der Waals surface area contributed by atoms with Crippen LogP contribution in [0.1, 0.15) is 31.3 Å². The zero-order valence-corrected chi connectivity index (χ0v) is 11.5. The van der Waals surface area contributed by atoms with Crippen LogP contribution in [0.25, 0.3) is 11.0 Å². The number of rotatable bonds is 4. The highest BCUT2D eigenvalue weighted by Gasteiger charge is 2.16. The van der Waals surface area contributed by atoms with E-state index in [9.17, 15) is 8.42 Å². The van der Waals surface area contributed by atoms with Crippen LogP contribution in [0.5, 0.6) is 0 Å². The first kappa shape index (κ1) is 13.0. The van der Waals surface area contributed by atoms with Crippen molar-refractivity contribution < 1.29 is 8.42 Å². The van der Waals surface area contributed by atoms with E-state index in [4.69, 9.17) is 0 Å². The SMILES string of the molecule is CCS(=O)(=O)NC(C)c1nc2ccc(C)cc2[nH]1. The Morgan fingerprint density at radius 2 is 2.17 bits per heavy atom. The lowest BCUT2D eigenvalue weighted by Crippen LogP contribution is -2.28. The largest absolute Gasteiger partial charge is 0.341 e. The zero-order chi connectivity index (χ0) is 13.3. The van der Waals surface area contributed by atoms with Gasteiger partial charge in [0.1, 0.15) is 5.82 Å². The Morgan fingerprint density at radius 3 is 2.83 bits per heavy atom. The van der Waals surface area contributed by atoms with Crippen LogP contribution in [-0.2, 0) is 10.0 Å². The van der Waals surface area contributed by atoms with E-state index in [2.05, 4.69) is 14.7 Å². The second-order valence-electron chi connectivity index (χ2n) is 4.39. The first-order chi connectivity index (χ1) is 8.41. The van der Waals surface area contributed by atoms with Gasteiger partial charge in [-0.2, -0.15) is 0 Å². The highest BCUT2D eigenvalue weighted by Crippen LogP contribution is 2.17. The number of nitrogens with one attached hydrogen (secondary N) is 2. The fourth-order valence-electron chi connectivity index (χ4n) is 1.76. The Morgan fingerprint density at radius 1 is 1.44 bits per heavy atom. The summed E-state index contributed by atoms with van der Waals surface area (Å²) < 4.78 is 25.6. The molecule has 1 aromatic carbocycles. The number of aryl methyl sites for hydroxylation is 1. The minimum absolute atomic E-state index is 0.0661. The summed E-state index contributed by atoms with van der Waals surface area (Å²) in [6.45, 7) is 5.39. The number of benzene rings is 1. The maximum atomic E-state index is 11.5. The topological polar surface area (TPSA) is 74.8 Å². The fourth-order valence-corrected chi connectivity index (χ4v) is 2.57. The molecule has 98 valence electrons. The molecule has 18 heavy (non-hydrogen) atoms. The van der Waals surface area contributed by atoms with Crippen LogP contribution < -0.4 is 4.72 Å². The number of aromatic amines is 1. The molecule has 1 heterocycles. The summed E-state index contributed by atoms with van der Waals surface area (Å²) in [5, 5.41) is 0. The summed E-state index contributed by atoms with van der Waals surface area (Å²) in [4.78, 5) is 7.53. The summed E-state index contributed by atoms with van der Waals surface area (Å²) in [6, 6.07) is 5.54. The third-order valence-electron chi connectivity index (χ3n) is 2.80. The van der Waals surface area contributed by atoms with Crippen LogP contribution in [0, 0.1) is 6.92 Å². The van der Waals surface area contributed by atoms with Crippen LogP contribution in [0.4, 0.5) is 0 Å². The lowest BCUT2D eigenvalue weighted by atomic mass is 10.2. The van der Waals surface area contributed by atoms with Crippen molar-refractivity contribution in [3.8, 4) is 0 Å². The standard InChI is InChI=1S/C12H17N3O2S/c1-4-18(16,17)15-9(3)12-13-10-6-5-8(2)7-11(10)14-12/h5-7,9,15H,4H2,1-3H3,(H,13,14). The molecule has 0 amide bonds. The molecular weight excluding hydrogens is 250 g/mol. The number of hydrogen-bond donors (Lipinski definition) is 2. The molecule has 0 spiro atoms. The quantitative estimate of drug-likeness (QED) is 0.888. The molecule has 2 rings (SSSR count). The van der Waals surface area contributed by atoms with E-state index >= 15 is 0 Å². The molecule has 0 aliphatic rings. The van der Waals surface area contributed by atoms with Crippen molar-refractivity contribution in [2.24, 2.45) is 0 Å². The van der Waals surface area contributed by atoms with Crippen molar-refractivity contribution in [3.05, 3.63) is 29.6 Å². The van der Waals surface area contributed by atoms with E-state index in [-0.39, 0.29) is 11.8 Å². The monoisotopic (exact) mass is 267 g/mol. The zero-order valence-electron chi connectivity index (χ0n) is 10.7. The smallest absolute Gasteiger partial charge is 0.211 e. The first-order valence-corrected chi connectivity index (χ1v) is 7.53. The molecule has 0 bridgehead atoms. The maximum absolute atomic E-state index is 11.5. The highest BCUT2D eigenvalue weighted by molar-refractivity contribution is 7.89. The molecule has 1 aromatic heterocycles. The summed E-state index contributed by atoms with van der Waals surface area (Å²) in [5.41, 5.74) is 2.91. The van der Waals surface area contributed by atoms with Gasteiger partial charge in [-0.1, -0.05) is 6.07 Å². The van der Waals surface area contributed by atoms with E-state index in [0.717, 1.165) is 16.6 Å². The van der Waals surface area contributed by atoms with Crippen LogP contribution in [0.15, 0.2) is 18.2 Å². The molecule has 6 heteroatoms. The lowest BCUT2D eigenvalue weighted by Gasteiger charge is -2.10. The number of sulfonamides is 1. The molecule has 5 nitrogen and oxygen atoms in total. The molecule has 0 fully saturated rings. The predicted molar refractivity (Wildman–Crippen MR) is 71.8 cm³/mol. The third kappa shape index (κ3) is 2.70. The number of imidazole rings is 1. The minimum Gasteiger partial charge on any atom is -0.341 e. The van der Waals surface area contributed by atoms with Crippen molar-refractivity contribution in [2.75, 3.05) is 5.75 Å². The minimum atomic E-state index is -3.22. The Hall–Kier alpha value is -1.40. The van der Waals surface area contributed by atoms with Gasteiger partial charge in [-0.3, -0.25) is 0 Å². The van der Waals surface area contributed by atoms with E-state index in [0.29, 0.717) is 5.82 Å². The van der Waals surface area contributed by atoms with Gasteiger partial charge in [0.25, 0.3) is 0 Å². The summed E-state index contributed by atoms with van der Waals surface area (Å²) in [7, 11) is -3.22. The Bertz CT molecular complexity index is 661. The molecule has 1 atom stereocenters. The molecule has 2 N–H and O–H groups in total. The molecule has 1 unspecified atom stereocenters. The van der Waals surface area contributed by atoms with Crippen LogP contribution in [0.2, 0.25) is 0 Å². The molecule has 0 radical (unpaired) electrons. The Labute approximate surface area is 107 Å². The fraction of sp³-hybridized carbons (Fsp3) is 0.417. The number of aromatic nitrogens is 2. The van der Waals surface area contributed by atoms with Crippen molar-refractivity contribution >= 4 is 21.1 Å². The van der Waals surface area contributed by atoms with Gasteiger partial charge >= 0.3 is 0 Å². The maximum Gasteiger partial charge on any atom is 0.211 e. The Balaban J connectivity index is 2.31. The number of fused-ring (bicyclic) bond motifs is 1. The van der Waals surface area contributed by atoms with Gasteiger partial charge in [-0.15, -0.1) is 0 Å². The average molecular weight is 267 g/mol. The van der Waals surface area contributed by atoms with Gasteiger partial charge in [0.05, 0.1) is 22.8 Å². The number of hydrogen-bond acceptors (Lipinski definition) is 3.